The van der Waals surface area contributed by atoms with Gasteiger partial charge in [-0.1, -0.05) is 13.8 Å². The van der Waals surface area contributed by atoms with Crippen molar-refractivity contribution in [2.75, 3.05) is 0 Å². The van der Waals surface area contributed by atoms with Gasteiger partial charge in [-0.15, -0.1) is 0 Å². The lowest BCUT2D eigenvalue weighted by Gasteiger charge is -2.10. The molecule has 0 saturated carbocycles. The third kappa shape index (κ3) is 2.44. The number of nitrogens with one attached hydrogen (secondary N) is 1. The van der Waals surface area contributed by atoms with E-state index >= 15 is 0 Å². The van der Waals surface area contributed by atoms with E-state index in [1.54, 1.807) is 6.20 Å². The van der Waals surface area contributed by atoms with Gasteiger partial charge in [0.2, 0.25) is 0 Å². The fourth-order valence-electron chi connectivity index (χ4n) is 2.34. The Hall–Kier alpha value is -2.14. The van der Waals surface area contributed by atoms with Crippen LogP contribution >= 0.6 is 0 Å². The Morgan fingerprint density at radius 1 is 1.35 bits per heavy atom. The minimum absolute atomic E-state index is 0.0591. The number of hydrogen-bond donors (Lipinski definition) is 2. The largest absolute Gasteiger partial charge is 0.444 e. The lowest BCUT2D eigenvalue weighted by Crippen LogP contribution is -2.14. The molecule has 2 heterocycles. The van der Waals surface area contributed by atoms with E-state index < -0.39 is 0 Å². The van der Waals surface area contributed by atoms with Gasteiger partial charge in [-0.2, -0.15) is 0 Å². The number of nitrogens with two attached hydrogens (primary N) is 1. The average molecular weight is 270 g/mol. The monoisotopic (exact) mass is 270 g/mol. The van der Waals surface area contributed by atoms with E-state index in [0.717, 1.165) is 34.6 Å². The van der Waals surface area contributed by atoms with Crippen LogP contribution in [0.2, 0.25) is 0 Å². The smallest absolute Gasteiger partial charge is 0.181 e. The molecule has 1 atom stereocenters. The number of imidazole rings is 1. The van der Waals surface area contributed by atoms with Gasteiger partial charge in [-0.25, -0.2) is 9.97 Å². The fourth-order valence-corrected chi connectivity index (χ4v) is 2.34. The molecule has 3 N–H and O–H groups in total. The molecule has 104 valence electrons. The van der Waals surface area contributed by atoms with E-state index in [4.69, 9.17) is 10.2 Å². The molecular formula is C15H18N4O. The number of H-pyrrole nitrogens is 1. The first-order chi connectivity index (χ1) is 9.63. The zero-order valence-electron chi connectivity index (χ0n) is 11.6. The van der Waals surface area contributed by atoms with Crippen molar-refractivity contribution in [1.29, 1.82) is 0 Å². The molecule has 3 aromatic rings. The van der Waals surface area contributed by atoms with Crippen molar-refractivity contribution in [2.24, 2.45) is 11.7 Å². The number of aromatic nitrogens is 3. The molecule has 0 saturated heterocycles. The van der Waals surface area contributed by atoms with Crippen LogP contribution in [0, 0.1) is 5.92 Å². The second-order valence-corrected chi connectivity index (χ2v) is 5.46. The molecule has 0 fully saturated rings. The molecule has 0 aliphatic rings. The van der Waals surface area contributed by atoms with Crippen LogP contribution in [0.1, 0.15) is 32.1 Å². The van der Waals surface area contributed by atoms with Gasteiger partial charge in [0, 0.05) is 5.56 Å². The number of oxazole rings is 1. The Balaban J connectivity index is 1.95. The van der Waals surface area contributed by atoms with Crippen LogP contribution in [0.25, 0.3) is 22.4 Å². The van der Waals surface area contributed by atoms with E-state index in [1.807, 2.05) is 18.2 Å². The molecule has 0 spiro atoms. The van der Waals surface area contributed by atoms with Crippen LogP contribution in [-0.4, -0.2) is 15.0 Å². The van der Waals surface area contributed by atoms with Gasteiger partial charge in [0.1, 0.15) is 5.82 Å². The van der Waals surface area contributed by atoms with Crippen LogP contribution in [0.3, 0.4) is 0 Å². The maximum Gasteiger partial charge on any atom is 0.181 e. The molecule has 0 aliphatic carbocycles. The van der Waals surface area contributed by atoms with E-state index in [1.165, 1.54) is 6.39 Å². The highest BCUT2D eigenvalue weighted by atomic mass is 16.3. The van der Waals surface area contributed by atoms with Crippen LogP contribution in [0.4, 0.5) is 0 Å². The van der Waals surface area contributed by atoms with Crippen LogP contribution in [0.5, 0.6) is 0 Å². The van der Waals surface area contributed by atoms with Crippen LogP contribution in [-0.2, 0) is 0 Å². The summed E-state index contributed by atoms with van der Waals surface area (Å²) in [6.07, 6.45) is 4.04. The Labute approximate surface area is 117 Å². The Morgan fingerprint density at radius 3 is 2.90 bits per heavy atom. The summed E-state index contributed by atoms with van der Waals surface area (Å²) in [5.41, 5.74) is 9.03. The first kappa shape index (κ1) is 12.9. The van der Waals surface area contributed by atoms with E-state index in [2.05, 4.69) is 28.8 Å². The van der Waals surface area contributed by atoms with E-state index in [0.29, 0.717) is 5.92 Å². The van der Waals surface area contributed by atoms with Crippen molar-refractivity contribution in [3.05, 3.63) is 36.6 Å². The second kappa shape index (κ2) is 5.09. The van der Waals surface area contributed by atoms with Crippen molar-refractivity contribution in [2.45, 2.75) is 26.3 Å². The average Bonchev–Trinajstić information content (AvgIpc) is 3.06. The van der Waals surface area contributed by atoms with Crippen LogP contribution < -0.4 is 5.73 Å². The Morgan fingerprint density at radius 2 is 2.20 bits per heavy atom. The minimum atomic E-state index is -0.0591. The fraction of sp³-hybridized carbons (Fsp3) is 0.333. The van der Waals surface area contributed by atoms with Gasteiger partial charge in [0.25, 0.3) is 0 Å². The molecule has 2 aromatic heterocycles. The molecule has 20 heavy (non-hydrogen) atoms. The second-order valence-electron chi connectivity index (χ2n) is 5.46. The predicted octanol–water partition coefficient (Wildman–Crippen LogP) is 3.26. The number of benzene rings is 1. The number of hydrogen-bond acceptors (Lipinski definition) is 4. The van der Waals surface area contributed by atoms with Gasteiger partial charge < -0.3 is 15.1 Å². The van der Waals surface area contributed by atoms with Crippen molar-refractivity contribution in [3.63, 3.8) is 0 Å². The summed E-state index contributed by atoms with van der Waals surface area (Å²) in [6.45, 7) is 4.31. The third-order valence-electron chi connectivity index (χ3n) is 3.29. The normalized spacial score (nSPS) is 13.2. The topological polar surface area (TPSA) is 80.7 Å². The lowest BCUT2D eigenvalue weighted by atomic mass is 10.0. The van der Waals surface area contributed by atoms with Gasteiger partial charge in [0.05, 0.1) is 23.3 Å². The maximum absolute atomic E-state index is 6.17. The summed E-state index contributed by atoms with van der Waals surface area (Å²) in [7, 11) is 0. The minimum Gasteiger partial charge on any atom is -0.444 e. The summed E-state index contributed by atoms with van der Waals surface area (Å²) in [4.78, 5) is 11.8. The molecule has 0 bridgehead atoms. The summed E-state index contributed by atoms with van der Waals surface area (Å²) in [6, 6.07) is 5.89. The molecular weight excluding hydrogens is 252 g/mol. The van der Waals surface area contributed by atoms with E-state index in [-0.39, 0.29) is 6.04 Å². The quantitative estimate of drug-likeness (QED) is 0.762. The standard InChI is InChI=1S/C15H18N4O/c1-9(2)5-11(16)15-18-12-4-3-10(6-13(12)19-15)14-7-17-8-20-14/h3-4,6-9,11H,5,16H2,1-2H3,(H,18,19)/t11-/m0/s1. The molecule has 0 radical (unpaired) electrons. The third-order valence-corrected chi connectivity index (χ3v) is 3.29. The first-order valence-electron chi connectivity index (χ1n) is 6.77. The van der Waals surface area contributed by atoms with Crippen molar-refractivity contribution < 1.29 is 4.42 Å². The molecule has 3 rings (SSSR count). The Kier molecular flexibility index (Phi) is 3.28. The molecule has 5 heteroatoms. The van der Waals surface area contributed by atoms with E-state index in [9.17, 15) is 0 Å². The van der Waals surface area contributed by atoms with Gasteiger partial charge in [0.15, 0.2) is 12.2 Å². The zero-order valence-corrected chi connectivity index (χ0v) is 11.6. The predicted molar refractivity (Wildman–Crippen MR) is 78.0 cm³/mol. The summed E-state index contributed by atoms with van der Waals surface area (Å²) in [5.74, 6) is 2.13. The highest BCUT2D eigenvalue weighted by Gasteiger charge is 2.13. The molecule has 0 amide bonds. The van der Waals surface area contributed by atoms with Gasteiger partial charge in [-0.05, 0) is 30.5 Å². The number of fused-ring (bicyclic) bond motifs is 1. The SMILES string of the molecule is CC(C)C[C@H](N)c1nc2ccc(-c3cnco3)cc2[nH]1. The molecule has 1 aromatic carbocycles. The number of nitrogens with zero attached hydrogens (tertiary/aromatic N) is 2. The number of rotatable bonds is 4. The van der Waals surface area contributed by atoms with Gasteiger partial charge >= 0.3 is 0 Å². The summed E-state index contributed by atoms with van der Waals surface area (Å²) in [5, 5.41) is 0. The number of aromatic amines is 1. The van der Waals surface area contributed by atoms with Crippen LogP contribution in [0.15, 0.2) is 35.2 Å². The first-order valence-corrected chi connectivity index (χ1v) is 6.77. The summed E-state index contributed by atoms with van der Waals surface area (Å²) >= 11 is 0. The molecule has 0 aliphatic heterocycles. The lowest BCUT2D eigenvalue weighted by molar-refractivity contribution is 0.496. The zero-order chi connectivity index (χ0) is 14.1. The molecule has 5 nitrogen and oxygen atoms in total. The highest BCUT2D eigenvalue weighted by Crippen LogP contribution is 2.25. The Bertz CT molecular complexity index is 700. The highest BCUT2D eigenvalue weighted by molar-refractivity contribution is 5.80. The summed E-state index contributed by atoms with van der Waals surface area (Å²) < 4.78 is 5.31. The van der Waals surface area contributed by atoms with Crippen molar-refractivity contribution in [1.82, 2.24) is 15.0 Å². The maximum atomic E-state index is 6.17. The van der Waals surface area contributed by atoms with Crippen molar-refractivity contribution in [3.8, 4) is 11.3 Å². The van der Waals surface area contributed by atoms with Crippen molar-refractivity contribution >= 4 is 11.0 Å². The molecule has 0 unspecified atom stereocenters. The van der Waals surface area contributed by atoms with Gasteiger partial charge in [-0.3, -0.25) is 0 Å².